The Labute approximate surface area is 131 Å². The van der Waals surface area contributed by atoms with Gasteiger partial charge in [-0.25, -0.2) is 9.97 Å². The van der Waals surface area contributed by atoms with Crippen LogP contribution in [-0.4, -0.2) is 27.1 Å². The van der Waals surface area contributed by atoms with Crippen LogP contribution in [0.2, 0.25) is 0 Å². The summed E-state index contributed by atoms with van der Waals surface area (Å²) in [4.78, 5) is 9.13. The van der Waals surface area contributed by atoms with Crippen LogP contribution >= 0.6 is 11.8 Å². The van der Waals surface area contributed by atoms with Crippen molar-refractivity contribution in [2.45, 2.75) is 5.16 Å². The maximum absolute atomic E-state index is 5.47. The number of nitrogens with zero attached hydrogens (tertiary/aromatic N) is 3. The summed E-state index contributed by atoms with van der Waals surface area (Å²) in [7, 11) is 0. The van der Waals surface area contributed by atoms with Crippen LogP contribution < -0.4 is 9.47 Å². The van der Waals surface area contributed by atoms with Crippen molar-refractivity contribution in [3.63, 3.8) is 0 Å². The number of fused-ring (bicyclic) bond motifs is 2. The van der Waals surface area contributed by atoms with Gasteiger partial charge in [-0.2, -0.15) is 0 Å². The predicted molar refractivity (Wildman–Crippen MR) is 85.9 cm³/mol. The first kappa shape index (κ1) is 13.2. The van der Waals surface area contributed by atoms with Crippen molar-refractivity contribution >= 4 is 22.9 Å². The van der Waals surface area contributed by atoms with Crippen molar-refractivity contribution in [1.29, 1.82) is 0 Å². The second kappa shape index (κ2) is 5.38. The summed E-state index contributed by atoms with van der Waals surface area (Å²) >= 11 is 1.62. The lowest BCUT2D eigenvalue weighted by atomic mass is 10.2. The highest BCUT2D eigenvalue weighted by Crippen LogP contribution is 2.35. The summed E-state index contributed by atoms with van der Waals surface area (Å²) < 4.78 is 12.9. The Bertz CT molecular complexity index is 860. The number of rotatable bonds is 4. The fourth-order valence-corrected chi connectivity index (χ4v) is 3.13. The minimum atomic E-state index is 0.264. The van der Waals surface area contributed by atoms with Gasteiger partial charge >= 0.3 is 0 Å². The number of pyridine rings is 1. The lowest BCUT2D eigenvalue weighted by Gasteiger charge is -2.08. The van der Waals surface area contributed by atoms with Crippen LogP contribution in [0.25, 0.3) is 16.9 Å². The van der Waals surface area contributed by atoms with Crippen molar-refractivity contribution in [2.75, 3.05) is 12.5 Å². The van der Waals surface area contributed by atoms with Crippen molar-refractivity contribution in [2.24, 2.45) is 0 Å². The van der Waals surface area contributed by atoms with E-state index in [1.165, 1.54) is 0 Å². The molecule has 0 radical (unpaired) electrons. The molecular formula is C16H13N3O2S. The molecule has 0 amide bonds. The average Bonchev–Trinajstić information content (AvgIpc) is 3.15. The maximum Gasteiger partial charge on any atom is 0.231 e. The summed E-state index contributed by atoms with van der Waals surface area (Å²) in [6.07, 6.45) is 3.64. The normalized spacial score (nSPS) is 12.7. The fourth-order valence-electron chi connectivity index (χ4n) is 2.38. The third-order valence-corrected chi connectivity index (χ3v) is 4.26. The number of hydrogen-bond acceptors (Lipinski definition) is 5. The molecule has 4 rings (SSSR count). The van der Waals surface area contributed by atoms with Crippen LogP contribution in [0.1, 0.15) is 0 Å². The third-order valence-electron chi connectivity index (χ3n) is 3.33. The predicted octanol–water partition coefficient (Wildman–Crippen LogP) is 3.43. The summed E-state index contributed by atoms with van der Waals surface area (Å²) in [5, 5.41) is 0.882. The number of hydrogen-bond donors (Lipinski definition) is 0. The van der Waals surface area contributed by atoms with Crippen LogP contribution in [0.3, 0.4) is 0 Å². The Kier molecular flexibility index (Phi) is 3.23. The van der Waals surface area contributed by atoms with Gasteiger partial charge in [0.25, 0.3) is 0 Å². The van der Waals surface area contributed by atoms with E-state index in [4.69, 9.17) is 9.47 Å². The van der Waals surface area contributed by atoms with Gasteiger partial charge in [0.2, 0.25) is 6.79 Å². The smallest absolute Gasteiger partial charge is 0.231 e. The largest absolute Gasteiger partial charge is 0.454 e. The van der Waals surface area contributed by atoms with Crippen molar-refractivity contribution in [3.8, 4) is 17.2 Å². The second-order valence-electron chi connectivity index (χ2n) is 4.71. The number of imidazole rings is 1. The number of aromatic nitrogens is 3. The van der Waals surface area contributed by atoms with E-state index < -0.39 is 0 Å². The van der Waals surface area contributed by atoms with Crippen LogP contribution in [-0.2, 0) is 0 Å². The molecule has 6 heteroatoms. The molecule has 1 aliphatic heterocycles. The second-order valence-corrected chi connectivity index (χ2v) is 5.70. The molecule has 0 spiro atoms. The first-order chi connectivity index (χ1) is 10.9. The Morgan fingerprint density at radius 3 is 3.09 bits per heavy atom. The topological polar surface area (TPSA) is 49.2 Å². The highest BCUT2D eigenvalue weighted by Gasteiger charge is 2.18. The molecule has 1 aromatic carbocycles. The van der Waals surface area contributed by atoms with Gasteiger partial charge in [0.05, 0.1) is 5.69 Å². The highest BCUT2D eigenvalue weighted by atomic mass is 32.2. The summed E-state index contributed by atoms with van der Waals surface area (Å²) in [6.45, 7) is 4.03. The molecule has 0 bridgehead atoms. The van der Waals surface area contributed by atoms with Gasteiger partial charge in [-0.3, -0.25) is 4.57 Å². The first-order valence-electron chi connectivity index (χ1n) is 6.84. The molecular weight excluding hydrogens is 298 g/mol. The van der Waals surface area contributed by atoms with E-state index in [0.717, 1.165) is 39.3 Å². The van der Waals surface area contributed by atoms with Crippen LogP contribution in [0.15, 0.2) is 54.3 Å². The van der Waals surface area contributed by atoms with Gasteiger partial charge < -0.3 is 9.47 Å². The molecule has 3 aromatic rings. The zero-order valence-corrected chi connectivity index (χ0v) is 12.5. The van der Waals surface area contributed by atoms with E-state index in [9.17, 15) is 0 Å². The van der Waals surface area contributed by atoms with E-state index in [0.29, 0.717) is 0 Å². The summed E-state index contributed by atoms with van der Waals surface area (Å²) in [6, 6.07) is 9.71. The van der Waals surface area contributed by atoms with E-state index in [1.807, 2.05) is 41.0 Å². The SMILES string of the molecule is C=CCSc1nc2cccnc2n1-c1ccc2c(c1)OCO2. The maximum atomic E-state index is 5.47. The van der Waals surface area contributed by atoms with Gasteiger partial charge in [0, 0.05) is 18.0 Å². The molecule has 0 N–H and O–H groups in total. The summed E-state index contributed by atoms with van der Waals surface area (Å²) in [5.74, 6) is 2.30. The average molecular weight is 311 g/mol. The van der Waals surface area contributed by atoms with Gasteiger partial charge in [-0.1, -0.05) is 17.8 Å². The standard InChI is InChI=1S/C16H13N3O2S/c1-2-8-22-16-18-12-4-3-7-17-15(12)19(16)11-5-6-13-14(9-11)21-10-20-13/h2-7,9H,1,8,10H2. The van der Waals surface area contributed by atoms with Crippen molar-refractivity contribution in [3.05, 3.63) is 49.2 Å². The molecule has 0 saturated carbocycles. The third kappa shape index (κ3) is 2.12. The Morgan fingerprint density at radius 1 is 1.27 bits per heavy atom. The van der Waals surface area contributed by atoms with Crippen LogP contribution in [0.5, 0.6) is 11.5 Å². The molecule has 0 saturated heterocycles. The van der Waals surface area contributed by atoms with Gasteiger partial charge in [-0.05, 0) is 24.3 Å². The Morgan fingerprint density at radius 2 is 2.18 bits per heavy atom. The molecule has 0 atom stereocenters. The van der Waals surface area contributed by atoms with Crippen LogP contribution in [0.4, 0.5) is 0 Å². The fraction of sp³-hybridized carbons (Fsp3) is 0.125. The molecule has 0 fully saturated rings. The first-order valence-corrected chi connectivity index (χ1v) is 7.82. The van der Waals surface area contributed by atoms with Crippen molar-refractivity contribution < 1.29 is 9.47 Å². The van der Waals surface area contributed by atoms with Gasteiger partial charge in [0.1, 0.15) is 5.52 Å². The van der Waals surface area contributed by atoms with Gasteiger partial charge in [0.15, 0.2) is 22.3 Å². The number of ether oxygens (including phenoxy) is 2. The Hall–Kier alpha value is -2.47. The van der Waals surface area contributed by atoms with Crippen molar-refractivity contribution in [1.82, 2.24) is 14.5 Å². The highest BCUT2D eigenvalue weighted by molar-refractivity contribution is 7.99. The minimum Gasteiger partial charge on any atom is -0.454 e. The summed E-state index contributed by atoms with van der Waals surface area (Å²) in [5.41, 5.74) is 2.65. The monoisotopic (exact) mass is 311 g/mol. The zero-order valence-electron chi connectivity index (χ0n) is 11.7. The zero-order chi connectivity index (χ0) is 14.9. The molecule has 2 aromatic heterocycles. The molecule has 22 heavy (non-hydrogen) atoms. The van der Waals surface area contributed by atoms with E-state index in [-0.39, 0.29) is 6.79 Å². The molecule has 110 valence electrons. The van der Waals surface area contributed by atoms with Crippen LogP contribution in [0, 0.1) is 0 Å². The quantitative estimate of drug-likeness (QED) is 0.546. The van der Waals surface area contributed by atoms with Gasteiger partial charge in [-0.15, -0.1) is 6.58 Å². The van der Waals surface area contributed by atoms with E-state index in [2.05, 4.69) is 16.5 Å². The minimum absolute atomic E-state index is 0.264. The van der Waals surface area contributed by atoms with E-state index in [1.54, 1.807) is 18.0 Å². The van der Waals surface area contributed by atoms with E-state index >= 15 is 0 Å². The molecule has 0 aliphatic carbocycles. The molecule has 1 aliphatic rings. The molecule has 0 unspecified atom stereocenters. The molecule has 3 heterocycles. The number of thioether (sulfide) groups is 1. The lowest BCUT2D eigenvalue weighted by molar-refractivity contribution is 0.174. The Balaban J connectivity index is 1.90. The molecule has 5 nitrogen and oxygen atoms in total. The lowest BCUT2D eigenvalue weighted by Crippen LogP contribution is -1.98. The number of benzene rings is 1.